The fourth-order valence-electron chi connectivity index (χ4n) is 3.49. The van der Waals surface area contributed by atoms with Crippen LogP contribution in [0, 0.1) is 6.92 Å². The molecule has 0 radical (unpaired) electrons. The molecule has 0 aromatic carbocycles. The Hall–Kier alpha value is -3.49. The van der Waals surface area contributed by atoms with E-state index in [1.54, 1.807) is 43.5 Å². The lowest BCUT2D eigenvalue weighted by Gasteiger charge is -2.21. The molecule has 4 heterocycles. The number of anilines is 1. The van der Waals surface area contributed by atoms with E-state index in [9.17, 15) is 9.59 Å². The van der Waals surface area contributed by atoms with Gasteiger partial charge >= 0.3 is 6.03 Å². The van der Waals surface area contributed by atoms with Crippen LogP contribution in [0.2, 0.25) is 0 Å². The molecular weight excluding hydrogens is 370 g/mol. The minimum Gasteiger partial charge on any atom is -0.331 e. The van der Waals surface area contributed by atoms with E-state index in [1.165, 1.54) is 0 Å². The first-order valence-electron chi connectivity index (χ1n) is 9.47. The van der Waals surface area contributed by atoms with Crippen LogP contribution >= 0.6 is 0 Å². The number of hydrogen-bond acceptors (Lipinski definition) is 5. The van der Waals surface area contributed by atoms with Crippen LogP contribution in [0.4, 0.5) is 10.5 Å². The Kier molecular flexibility index (Phi) is 4.87. The number of carbonyl (C=O) groups excluding carboxylic acids is 2. The van der Waals surface area contributed by atoms with E-state index in [0.29, 0.717) is 30.0 Å². The molecule has 1 atom stereocenters. The predicted octanol–water partition coefficient (Wildman–Crippen LogP) is 2.16. The van der Waals surface area contributed by atoms with Gasteiger partial charge in [0.05, 0.1) is 17.4 Å². The molecule has 1 saturated heterocycles. The number of fused-ring (bicyclic) bond motifs is 1. The highest BCUT2D eigenvalue weighted by Crippen LogP contribution is 2.27. The average molecular weight is 393 g/mol. The van der Waals surface area contributed by atoms with Gasteiger partial charge in [-0.2, -0.15) is 0 Å². The Morgan fingerprint density at radius 1 is 1.17 bits per heavy atom. The number of amides is 3. The lowest BCUT2D eigenvalue weighted by molar-refractivity contribution is 0.102. The fraction of sp³-hybridized carbons (Fsp3) is 0.350. The van der Waals surface area contributed by atoms with Gasteiger partial charge in [-0.15, -0.1) is 10.2 Å². The van der Waals surface area contributed by atoms with Gasteiger partial charge in [-0.05, 0) is 37.6 Å². The molecule has 150 valence electrons. The summed E-state index contributed by atoms with van der Waals surface area (Å²) in [4.78, 5) is 32.5. The molecule has 9 heteroatoms. The summed E-state index contributed by atoms with van der Waals surface area (Å²) >= 11 is 0. The first kappa shape index (κ1) is 18.9. The first-order chi connectivity index (χ1) is 13.9. The number of urea groups is 1. The van der Waals surface area contributed by atoms with E-state index < -0.39 is 0 Å². The van der Waals surface area contributed by atoms with E-state index >= 15 is 0 Å². The molecule has 3 aromatic rings. The van der Waals surface area contributed by atoms with Crippen molar-refractivity contribution in [2.75, 3.05) is 32.5 Å². The van der Waals surface area contributed by atoms with Crippen LogP contribution in [0.1, 0.15) is 34.2 Å². The van der Waals surface area contributed by atoms with Gasteiger partial charge in [0, 0.05) is 45.0 Å². The summed E-state index contributed by atoms with van der Waals surface area (Å²) in [5, 5.41) is 11.4. The molecule has 0 spiro atoms. The summed E-state index contributed by atoms with van der Waals surface area (Å²) in [5.41, 5.74) is 2.69. The normalized spacial score (nSPS) is 16.2. The smallest absolute Gasteiger partial charge is 0.319 e. The summed E-state index contributed by atoms with van der Waals surface area (Å²) in [7, 11) is 3.49. The SMILES string of the molecule is Cc1ccc(NC(=O)c2ccc3nnc(C4CCN(C(=O)N(C)C)C4)n3c2)cn1. The third-order valence-corrected chi connectivity index (χ3v) is 5.07. The number of rotatable bonds is 3. The van der Waals surface area contributed by atoms with Crippen molar-refractivity contribution in [3.63, 3.8) is 0 Å². The molecule has 1 unspecified atom stereocenters. The monoisotopic (exact) mass is 393 g/mol. The summed E-state index contributed by atoms with van der Waals surface area (Å²) in [5.74, 6) is 0.613. The van der Waals surface area contributed by atoms with Crippen LogP contribution in [-0.4, -0.2) is 68.5 Å². The Balaban J connectivity index is 1.56. The molecule has 9 nitrogen and oxygen atoms in total. The first-order valence-corrected chi connectivity index (χ1v) is 9.47. The molecule has 29 heavy (non-hydrogen) atoms. The van der Waals surface area contributed by atoms with Crippen molar-refractivity contribution in [1.29, 1.82) is 0 Å². The number of hydrogen-bond donors (Lipinski definition) is 1. The number of pyridine rings is 2. The van der Waals surface area contributed by atoms with Crippen LogP contribution < -0.4 is 5.32 Å². The second-order valence-corrected chi connectivity index (χ2v) is 7.46. The lowest BCUT2D eigenvalue weighted by atomic mass is 10.1. The maximum absolute atomic E-state index is 12.7. The van der Waals surface area contributed by atoms with Crippen molar-refractivity contribution in [2.24, 2.45) is 0 Å². The highest BCUT2D eigenvalue weighted by atomic mass is 16.2. The fourth-order valence-corrected chi connectivity index (χ4v) is 3.49. The summed E-state index contributed by atoms with van der Waals surface area (Å²) < 4.78 is 1.84. The van der Waals surface area contributed by atoms with Gasteiger partial charge in [-0.1, -0.05) is 0 Å². The summed E-state index contributed by atoms with van der Waals surface area (Å²) in [6.45, 7) is 3.16. The third-order valence-electron chi connectivity index (χ3n) is 5.07. The van der Waals surface area contributed by atoms with Gasteiger partial charge in [0.15, 0.2) is 5.65 Å². The number of aromatic nitrogens is 4. The minimum atomic E-state index is -0.229. The molecule has 0 bridgehead atoms. The van der Waals surface area contributed by atoms with E-state index in [2.05, 4.69) is 20.5 Å². The Morgan fingerprint density at radius 2 is 2.00 bits per heavy atom. The largest absolute Gasteiger partial charge is 0.331 e. The molecule has 0 saturated carbocycles. The quantitative estimate of drug-likeness (QED) is 0.736. The molecule has 1 fully saturated rings. The molecular formula is C20H23N7O2. The number of aryl methyl sites for hydroxylation is 1. The Bertz CT molecular complexity index is 1060. The topological polar surface area (TPSA) is 95.7 Å². The zero-order valence-corrected chi connectivity index (χ0v) is 16.7. The van der Waals surface area contributed by atoms with E-state index in [4.69, 9.17) is 0 Å². The molecule has 1 aliphatic rings. The molecule has 4 rings (SSSR count). The standard InChI is InChI=1S/C20H23N7O2/c1-13-4-6-16(10-21-13)22-19(28)15-5-7-17-23-24-18(27(17)12-15)14-8-9-26(11-14)20(29)25(2)3/h4-7,10,12,14H,8-9,11H2,1-3H3,(H,22,28). The predicted molar refractivity (Wildman–Crippen MR) is 108 cm³/mol. The second-order valence-electron chi connectivity index (χ2n) is 7.46. The van der Waals surface area contributed by atoms with Gasteiger partial charge in [0.2, 0.25) is 0 Å². The Labute approximate surface area is 168 Å². The molecule has 3 amide bonds. The van der Waals surface area contributed by atoms with Gasteiger partial charge in [-0.3, -0.25) is 14.2 Å². The van der Waals surface area contributed by atoms with Gasteiger partial charge < -0.3 is 15.1 Å². The van der Waals surface area contributed by atoms with Crippen LogP contribution in [0.3, 0.4) is 0 Å². The van der Waals surface area contributed by atoms with Crippen molar-refractivity contribution < 1.29 is 9.59 Å². The zero-order valence-electron chi connectivity index (χ0n) is 16.7. The van der Waals surface area contributed by atoms with E-state index in [0.717, 1.165) is 17.9 Å². The number of carbonyl (C=O) groups is 2. The average Bonchev–Trinajstić information content (AvgIpc) is 3.35. The molecule has 1 N–H and O–H groups in total. The summed E-state index contributed by atoms with van der Waals surface area (Å²) in [6, 6.07) is 7.15. The van der Waals surface area contributed by atoms with Gasteiger partial charge in [0.1, 0.15) is 5.82 Å². The van der Waals surface area contributed by atoms with E-state index in [1.807, 2.05) is 28.4 Å². The Morgan fingerprint density at radius 3 is 2.72 bits per heavy atom. The third kappa shape index (κ3) is 3.75. The van der Waals surface area contributed by atoms with Crippen LogP contribution in [-0.2, 0) is 0 Å². The maximum atomic E-state index is 12.7. The number of likely N-dealkylation sites (tertiary alicyclic amines) is 1. The number of nitrogens with one attached hydrogen (secondary N) is 1. The molecule has 0 aliphatic carbocycles. The highest BCUT2D eigenvalue weighted by molar-refractivity contribution is 6.04. The van der Waals surface area contributed by atoms with Crippen molar-refractivity contribution >= 4 is 23.3 Å². The zero-order chi connectivity index (χ0) is 20.5. The van der Waals surface area contributed by atoms with Gasteiger partial charge in [0.25, 0.3) is 5.91 Å². The highest BCUT2D eigenvalue weighted by Gasteiger charge is 2.31. The minimum absolute atomic E-state index is 0.00639. The summed E-state index contributed by atoms with van der Waals surface area (Å²) in [6.07, 6.45) is 4.19. The van der Waals surface area contributed by atoms with Crippen LogP contribution in [0.5, 0.6) is 0 Å². The van der Waals surface area contributed by atoms with Crippen LogP contribution in [0.15, 0.2) is 36.7 Å². The van der Waals surface area contributed by atoms with Gasteiger partial charge in [-0.25, -0.2) is 4.79 Å². The lowest BCUT2D eigenvalue weighted by Crippen LogP contribution is -2.37. The van der Waals surface area contributed by atoms with Crippen molar-refractivity contribution in [1.82, 2.24) is 29.4 Å². The van der Waals surface area contributed by atoms with Crippen LogP contribution in [0.25, 0.3) is 5.65 Å². The molecule has 1 aliphatic heterocycles. The van der Waals surface area contributed by atoms with Crippen molar-refractivity contribution in [3.05, 3.63) is 53.7 Å². The second kappa shape index (κ2) is 7.50. The molecule has 3 aromatic heterocycles. The van der Waals surface area contributed by atoms with Crippen molar-refractivity contribution in [2.45, 2.75) is 19.3 Å². The number of nitrogens with zero attached hydrogens (tertiary/aromatic N) is 6. The maximum Gasteiger partial charge on any atom is 0.319 e. The van der Waals surface area contributed by atoms with Crippen molar-refractivity contribution in [3.8, 4) is 0 Å². The van der Waals surface area contributed by atoms with E-state index in [-0.39, 0.29) is 17.9 Å².